The van der Waals surface area contributed by atoms with E-state index in [0.29, 0.717) is 0 Å². The molecule has 9 heteroatoms. The number of carbonyl (C=O) groups is 1. The zero-order chi connectivity index (χ0) is 13.3. The summed E-state index contributed by atoms with van der Waals surface area (Å²) in [7, 11) is -4.52. The number of methoxy groups -OCH3 is 1. The average Bonchev–Trinajstić information content (AvgIpc) is 2.62. The summed E-state index contributed by atoms with van der Waals surface area (Å²) in [6, 6.07) is 0. The van der Waals surface area contributed by atoms with Gasteiger partial charge in [-0.15, -0.1) is 0 Å². The van der Waals surface area contributed by atoms with Crippen molar-refractivity contribution in [3.05, 3.63) is 11.8 Å². The number of hydrogen-bond donors (Lipinski definition) is 0. The molecular formula is C8H9F3O5S. The number of esters is 1. The number of alkyl halides is 3. The van der Waals surface area contributed by atoms with E-state index >= 15 is 0 Å². The van der Waals surface area contributed by atoms with Gasteiger partial charge >= 0.3 is 21.6 Å². The van der Waals surface area contributed by atoms with Gasteiger partial charge in [0.15, 0.2) is 0 Å². The smallest absolute Gasteiger partial charge is 0.469 e. The molecule has 0 amide bonds. The van der Waals surface area contributed by atoms with Crippen molar-refractivity contribution >= 4 is 16.1 Å². The van der Waals surface area contributed by atoms with Crippen LogP contribution in [0.2, 0.25) is 0 Å². The molecule has 0 unspecified atom stereocenters. The van der Waals surface area contributed by atoms with Gasteiger partial charge in [-0.2, -0.15) is 21.6 Å². The standard InChI is InChI=1S/C8H9F3O5S/c1-15-7(12)5-2-3-6(4-5)16-17(13,14)8(9,10)11/h3,5H,2,4H2,1H3/t5-/m0/s1. The van der Waals surface area contributed by atoms with E-state index in [2.05, 4.69) is 8.92 Å². The number of allylic oxidation sites excluding steroid dienone is 2. The van der Waals surface area contributed by atoms with Crippen molar-refractivity contribution < 1.29 is 35.3 Å². The van der Waals surface area contributed by atoms with Gasteiger partial charge < -0.3 is 8.92 Å². The summed E-state index contributed by atoms with van der Waals surface area (Å²) in [5, 5.41) is 0. The molecule has 0 spiro atoms. The van der Waals surface area contributed by atoms with Crippen LogP contribution in [0.1, 0.15) is 12.8 Å². The van der Waals surface area contributed by atoms with E-state index in [4.69, 9.17) is 0 Å². The van der Waals surface area contributed by atoms with Gasteiger partial charge in [0.1, 0.15) is 5.76 Å². The molecule has 0 bridgehead atoms. The highest BCUT2D eigenvalue weighted by Gasteiger charge is 2.49. The molecule has 98 valence electrons. The van der Waals surface area contributed by atoms with Crippen molar-refractivity contribution in [2.24, 2.45) is 5.92 Å². The van der Waals surface area contributed by atoms with Crippen molar-refractivity contribution in [3.8, 4) is 0 Å². The maximum atomic E-state index is 12.0. The first-order valence-corrected chi connectivity index (χ1v) is 5.86. The van der Waals surface area contributed by atoms with Crippen LogP contribution >= 0.6 is 0 Å². The predicted molar refractivity (Wildman–Crippen MR) is 48.9 cm³/mol. The van der Waals surface area contributed by atoms with Crippen LogP contribution in [-0.4, -0.2) is 27.0 Å². The van der Waals surface area contributed by atoms with Crippen LogP contribution < -0.4 is 0 Å². The molecule has 0 saturated carbocycles. The van der Waals surface area contributed by atoms with Crippen LogP contribution in [0.3, 0.4) is 0 Å². The van der Waals surface area contributed by atoms with Gasteiger partial charge in [-0.05, 0) is 12.5 Å². The zero-order valence-corrected chi connectivity index (χ0v) is 9.47. The highest BCUT2D eigenvalue weighted by atomic mass is 32.2. The summed E-state index contributed by atoms with van der Waals surface area (Å²) in [5.41, 5.74) is -5.48. The molecule has 5 nitrogen and oxygen atoms in total. The molecule has 0 aromatic rings. The maximum Gasteiger partial charge on any atom is 0.534 e. The fourth-order valence-corrected chi connectivity index (χ4v) is 1.80. The van der Waals surface area contributed by atoms with E-state index in [1.165, 1.54) is 0 Å². The second kappa shape index (κ2) is 4.55. The quantitative estimate of drug-likeness (QED) is 0.441. The van der Waals surface area contributed by atoms with Crippen molar-refractivity contribution in [1.29, 1.82) is 0 Å². The Hall–Kier alpha value is -1.25. The first kappa shape index (κ1) is 13.8. The Morgan fingerprint density at radius 2 is 2.06 bits per heavy atom. The van der Waals surface area contributed by atoms with Crippen LogP contribution in [0.25, 0.3) is 0 Å². The predicted octanol–water partition coefficient (Wildman–Crippen LogP) is 1.32. The number of hydrogen-bond acceptors (Lipinski definition) is 5. The number of rotatable bonds is 3. The minimum Gasteiger partial charge on any atom is -0.469 e. The second-order valence-corrected chi connectivity index (χ2v) is 4.85. The normalized spacial score (nSPS) is 20.9. The molecule has 0 heterocycles. The number of ether oxygens (including phenoxy) is 1. The number of carbonyl (C=O) groups excluding carboxylic acids is 1. The molecule has 1 atom stereocenters. The fourth-order valence-electron chi connectivity index (χ4n) is 1.29. The molecule has 1 aliphatic carbocycles. The van der Waals surface area contributed by atoms with Crippen molar-refractivity contribution in [1.82, 2.24) is 0 Å². The van der Waals surface area contributed by atoms with Crippen LogP contribution in [0.4, 0.5) is 13.2 Å². The third-order valence-corrected chi connectivity index (χ3v) is 3.11. The maximum absolute atomic E-state index is 12.0. The van der Waals surface area contributed by atoms with Gasteiger partial charge in [0.25, 0.3) is 0 Å². The zero-order valence-electron chi connectivity index (χ0n) is 8.65. The summed E-state index contributed by atoms with van der Waals surface area (Å²) in [4.78, 5) is 11.0. The topological polar surface area (TPSA) is 69.7 Å². The Balaban J connectivity index is 2.66. The molecule has 0 radical (unpaired) electrons. The largest absolute Gasteiger partial charge is 0.534 e. The van der Waals surface area contributed by atoms with Gasteiger partial charge in [-0.3, -0.25) is 4.79 Å². The monoisotopic (exact) mass is 274 g/mol. The van der Waals surface area contributed by atoms with E-state index in [1.807, 2.05) is 0 Å². The Bertz CT molecular complexity index is 437. The first-order valence-electron chi connectivity index (χ1n) is 4.45. The van der Waals surface area contributed by atoms with Crippen LogP contribution in [0, 0.1) is 5.92 Å². The molecule has 1 rings (SSSR count). The molecule has 0 aliphatic heterocycles. The van der Waals surface area contributed by atoms with Crippen molar-refractivity contribution in [3.63, 3.8) is 0 Å². The Morgan fingerprint density at radius 3 is 2.53 bits per heavy atom. The van der Waals surface area contributed by atoms with Crippen LogP contribution in [0.15, 0.2) is 11.8 Å². The van der Waals surface area contributed by atoms with Gasteiger partial charge in [0, 0.05) is 6.42 Å². The van der Waals surface area contributed by atoms with Crippen molar-refractivity contribution in [2.75, 3.05) is 7.11 Å². The summed E-state index contributed by atoms with van der Waals surface area (Å²) in [6.45, 7) is 0. The summed E-state index contributed by atoms with van der Waals surface area (Å²) < 4.78 is 65.5. The summed E-state index contributed by atoms with van der Waals surface area (Å²) in [5.74, 6) is -1.71. The van der Waals surface area contributed by atoms with E-state index in [0.717, 1.165) is 13.2 Å². The lowest BCUT2D eigenvalue weighted by Crippen LogP contribution is -2.25. The van der Waals surface area contributed by atoms with E-state index < -0.39 is 33.3 Å². The van der Waals surface area contributed by atoms with E-state index in [-0.39, 0.29) is 12.8 Å². The highest BCUT2D eigenvalue weighted by molar-refractivity contribution is 7.87. The second-order valence-electron chi connectivity index (χ2n) is 3.31. The third-order valence-electron chi connectivity index (χ3n) is 2.11. The lowest BCUT2D eigenvalue weighted by Gasteiger charge is -2.11. The molecule has 0 saturated heterocycles. The van der Waals surface area contributed by atoms with Gasteiger partial charge in [-0.1, -0.05) is 0 Å². The lowest BCUT2D eigenvalue weighted by atomic mass is 10.1. The number of halogens is 3. The molecule has 0 N–H and O–H groups in total. The first-order chi connectivity index (χ1) is 7.67. The minimum atomic E-state index is -5.66. The molecule has 17 heavy (non-hydrogen) atoms. The molecular weight excluding hydrogens is 265 g/mol. The fraction of sp³-hybridized carbons (Fsp3) is 0.625. The van der Waals surface area contributed by atoms with E-state index in [1.54, 1.807) is 0 Å². The van der Waals surface area contributed by atoms with Crippen LogP contribution in [-0.2, 0) is 23.8 Å². The summed E-state index contributed by atoms with van der Waals surface area (Å²) >= 11 is 0. The summed E-state index contributed by atoms with van der Waals surface area (Å²) in [6.07, 6.45) is 1.00. The van der Waals surface area contributed by atoms with Crippen LogP contribution in [0.5, 0.6) is 0 Å². The molecule has 0 aromatic heterocycles. The Labute approximate surface area is 95.3 Å². The highest BCUT2D eigenvalue weighted by Crippen LogP contribution is 2.32. The average molecular weight is 274 g/mol. The Kier molecular flexibility index (Phi) is 3.70. The third kappa shape index (κ3) is 3.11. The van der Waals surface area contributed by atoms with Gasteiger partial charge in [-0.25, -0.2) is 0 Å². The minimum absolute atomic E-state index is 0.0926. The van der Waals surface area contributed by atoms with Gasteiger partial charge in [0.05, 0.1) is 13.0 Å². The SMILES string of the molecule is COC(=O)[C@H]1CC=C(OS(=O)(=O)C(F)(F)F)C1. The molecule has 0 aromatic carbocycles. The van der Waals surface area contributed by atoms with Crippen molar-refractivity contribution in [2.45, 2.75) is 18.3 Å². The molecule has 1 aliphatic rings. The van der Waals surface area contributed by atoms with Gasteiger partial charge in [0.2, 0.25) is 0 Å². The molecule has 0 fully saturated rings. The Morgan fingerprint density at radius 1 is 1.47 bits per heavy atom. The lowest BCUT2D eigenvalue weighted by molar-refractivity contribution is -0.145. The van der Waals surface area contributed by atoms with E-state index in [9.17, 15) is 26.4 Å².